The van der Waals surface area contributed by atoms with Crippen molar-refractivity contribution in [2.75, 3.05) is 11.9 Å². The summed E-state index contributed by atoms with van der Waals surface area (Å²) in [5.74, 6) is 0.540. The predicted molar refractivity (Wildman–Crippen MR) is 55.5 cm³/mol. The number of pyridine rings is 1. The maximum Gasteiger partial charge on any atom is 0.0406 e. The van der Waals surface area contributed by atoms with Crippen LogP contribution in [-0.2, 0) is 0 Å². The van der Waals surface area contributed by atoms with Crippen LogP contribution in [0.2, 0.25) is 0 Å². The van der Waals surface area contributed by atoms with Gasteiger partial charge in [-0.05, 0) is 18.1 Å². The van der Waals surface area contributed by atoms with Gasteiger partial charge in [0, 0.05) is 30.7 Å². The van der Waals surface area contributed by atoms with Crippen LogP contribution in [0.25, 0.3) is 0 Å². The second kappa shape index (κ2) is 4.82. The molecule has 13 heavy (non-hydrogen) atoms. The van der Waals surface area contributed by atoms with Crippen molar-refractivity contribution < 1.29 is 0 Å². The Hall–Kier alpha value is -1.09. The van der Waals surface area contributed by atoms with Crippen LogP contribution in [0, 0.1) is 5.92 Å². The summed E-state index contributed by atoms with van der Waals surface area (Å²) in [4.78, 5) is 3.95. The lowest BCUT2D eigenvalue weighted by atomic mass is 10.0. The number of rotatable bonds is 4. The Kier molecular flexibility index (Phi) is 3.71. The minimum Gasteiger partial charge on any atom is -0.381 e. The van der Waals surface area contributed by atoms with Crippen LogP contribution >= 0.6 is 0 Å². The number of anilines is 1. The molecule has 1 heterocycles. The smallest absolute Gasteiger partial charge is 0.0406 e. The second-order valence-electron chi connectivity index (χ2n) is 3.47. The summed E-state index contributed by atoms with van der Waals surface area (Å²) >= 11 is 0. The van der Waals surface area contributed by atoms with Gasteiger partial charge in [-0.15, -0.1) is 0 Å². The molecule has 3 nitrogen and oxygen atoms in total. The van der Waals surface area contributed by atoms with Crippen molar-refractivity contribution in [2.45, 2.75) is 19.9 Å². The quantitative estimate of drug-likeness (QED) is 0.736. The van der Waals surface area contributed by atoms with Gasteiger partial charge in [0.2, 0.25) is 0 Å². The van der Waals surface area contributed by atoms with Crippen LogP contribution in [0.3, 0.4) is 0 Å². The molecular weight excluding hydrogens is 162 g/mol. The fourth-order valence-corrected chi connectivity index (χ4v) is 1.16. The highest BCUT2D eigenvalue weighted by molar-refractivity contribution is 5.41. The van der Waals surface area contributed by atoms with Crippen molar-refractivity contribution in [2.24, 2.45) is 11.7 Å². The predicted octanol–water partition coefficient (Wildman–Crippen LogP) is 1.48. The van der Waals surface area contributed by atoms with Crippen LogP contribution in [0.1, 0.15) is 13.8 Å². The molecule has 0 aliphatic heterocycles. The van der Waals surface area contributed by atoms with E-state index in [1.165, 1.54) is 0 Å². The molecule has 0 bridgehead atoms. The zero-order chi connectivity index (χ0) is 9.68. The molecule has 0 saturated heterocycles. The Bertz CT molecular complexity index is 233. The molecule has 0 aliphatic carbocycles. The zero-order valence-electron chi connectivity index (χ0n) is 8.20. The molecular formula is C10H17N3. The van der Waals surface area contributed by atoms with Crippen molar-refractivity contribution >= 4 is 5.69 Å². The van der Waals surface area contributed by atoms with E-state index in [0.717, 1.165) is 5.69 Å². The molecule has 0 spiro atoms. The van der Waals surface area contributed by atoms with Crippen LogP contribution in [0.15, 0.2) is 24.5 Å². The fraction of sp³-hybridized carbons (Fsp3) is 0.500. The van der Waals surface area contributed by atoms with E-state index in [2.05, 4.69) is 24.1 Å². The summed E-state index contributed by atoms with van der Waals surface area (Å²) in [5, 5.41) is 3.36. The molecule has 0 aliphatic rings. The van der Waals surface area contributed by atoms with E-state index < -0.39 is 0 Å². The first-order valence-corrected chi connectivity index (χ1v) is 4.60. The fourth-order valence-electron chi connectivity index (χ4n) is 1.16. The van der Waals surface area contributed by atoms with Gasteiger partial charge in [-0.3, -0.25) is 4.98 Å². The molecule has 3 heteroatoms. The monoisotopic (exact) mass is 179 g/mol. The van der Waals surface area contributed by atoms with Gasteiger partial charge >= 0.3 is 0 Å². The van der Waals surface area contributed by atoms with Gasteiger partial charge < -0.3 is 11.1 Å². The first-order valence-electron chi connectivity index (χ1n) is 4.60. The number of nitrogens with zero attached hydrogens (tertiary/aromatic N) is 1. The minimum atomic E-state index is 0.336. The summed E-state index contributed by atoms with van der Waals surface area (Å²) < 4.78 is 0. The molecule has 3 N–H and O–H groups in total. The SMILES string of the molecule is CC(C)C(CN)Nc1ccncc1. The Balaban J connectivity index is 2.57. The average Bonchev–Trinajstić information content (AvgIpc) is 2.15. The average molecular weight is 179 g/mol. The van der Waals surface area contributed by atoms with E-state index in [4.69, 9.17) is 5.73 Å². The van der Waals surface area contributed by atoms with E-state index in [9.17, 15) is 0 Å². The number of nitrogens with two attached hydrogens (primary N) is 1. The van der Waals surface area contributed by atoms with E-state index >= 15 is 0 Å². The Morgan fingerprint density at radius 1 is 1.38 bits per heavy atom. The Morgan fingerprint density at radius 3 is 2.46 bits per heavy atom. The molecule has 0 amide bonds. The molecule has 0 saturated carbocycles. The highest BCUT2D eigenvalue weighted by atomic mass is 14.9. The normalized spacial score (nSPS) is 12.9. The molecule has 1 aromatic rings. The highest BCUT2D eigenvalue weighted by Crippen LogP contribution is 2.10. The van der Waals surface area contributed by atoms with Crippen molar-refractivity contribution in [3.8, 4) is 0 Å². The summed E-state index contributed by atoms with van der Waals surface area (Å²) in [6.45, 7) is 4.97. The Morgan fingerprint density at radius 2 is 2.00 bits per heavy atom. The number of aromatic nitrogens is 1. The second-order valence-corrected chi connectivity index (χ2v) is 3.47. The number of hydrogen-bond donors (Lipinski definition) is 2. The van der Waals surface area contributed by atoms with Gasteiger partial charge in [-0.2, -0.15) is 0 Å². The minimum absolute atomic E-state index is 0.336. The molecule has 1 rings (SSSR count). The van der Waals surface area contributed by atoms with E-state index in [-0.39, 0.29) is 0 Å². The lowest BCUT2D eigenvalue weighted by molar-refractivity contribution is 0.531. The van der Waals surface area contributed by atoms with Gasteiger partial charge in [0.1, 0.15) is 0 Å². The third kappa shape index (κ3) is 3.03. The highest BCUT2D eigenvalue weighted by Gasteiger charge is 2.09. The van der Waals surface area contributed by atoms with Gasteiger partial charge in [0.25, 0.3) is 0 Å². The summed E-state index contributed by atoms with van der Waals surface area (Å²) in [6.07, 6.45) is 3.55. The zero-order valence-corrected chi connectivity index (χ0v) is 8.20. The first kappa shape index (κ1) is 9.99. The maximum atomic E-state index is 5.64. The summed E-state index contributed by atoms with van der Waals surface area (Å²) in [5.41, 5.74) is 6.73. The molecule has 0 aromatic carbocycles. The van der Waals surface area contributed by atoms with Crippen LogP contribution in [-0.4, -0.2) is 17.6 Å². The molecule has 1 atom stereocenters. The van der Waals surface area contributed by atoms with E-state index in [1.807, 2.05) is 12.1 Å². The topological polar surface area (TPSA) is 50.9 Å². The molecule has 72 valence electrons. The number of hydrogen-bond acceptors (Lipinski definition) is 3. The third-order valence-corrected chi connectivity index (χ3v) is 2.09. The van der Waals surface area contributed by atoms with Crippen LogP contribution in [0.4, 0.5) is 5.69 Å². The summed E-state index contributed by atoms with van der Waals surface area (Å²) in [7, 11) is 0. The lowest BCUT2D eigenvalue weighted by Crippen LogP contribution is -2.33. The van der Waals surface area contributed by atoms with Crippen LogP contribution < -0.4 is 11.1 Å². The van der Waals surface area contributed by atoms with Crippen molar-refractivity contribution in [1.29, 1.82) is 0 Å². The van der Waals surface area contributed by atoms with Gasteiger partial charge in [-0.25, -0.2) is 0 Å². The maximum absolute atomic E-state index is 5.64. The molecule has 0 fully saturated rings. The first-order chi connectivity index (χ1) is 6.24. The lowest BCUT2D eigenvalue weighted by Gasteiger charge is -2.21. The van der Waals surface area contributed by atoms with E-state index in [1.54, 1.807) is 12.4 Å². The van der Waals surface area contributed by atoms with Gasteiger partial charge in [-0.1, -0.05) is 13.8 Å². The van der Waals surface area contributed by atoms with Crippen molar-refractivity contribution in [3.63, 3.8) is 0 Å². The molecule has 0 radical (unpaired) electrons. The van der Waals surface area contributed by atoms with Crippen molar-refractivity contribution in [3.05, 3.63) is 24.5 Å². The van der Waals surface area contributed by atoms with Gasteiger partial charge in [0.05, 0.1) is 0 Å². The molecule has 1 unspecified atom stereocenters. The van der Waals surface area contributed by atoms with Crippen molar-refractivity contribution in [1.82, 2.24) is 4.98 Å². The Labute approximate surface area is 79.4 Å². The summed E-state index contributed by atoms with van der Waals surface area (Å²) in [6, 6.07) is 4.23. The molecule has 1 aromatic heterocycles. The standard InChI is InChI=1S/C10H17N3/c1-8(2)10(7-11)13-9-3-5-12-6-4-9/h3-6,8,10H,7,11H2,1-2H3,(H,12,13). The van der Waals surface area contributed by atoms with Crippen LogP contribution in [0.5, 0.6) is 0 Å². The third-order valence-electron chi connectivity index (χ3n) is 2.09. The van der Waals surface area contributed by atoms with E-state index in [0.29, 0.717) is 18.5 Å². The van der Waals surface area contributed by atoms with Gasteiger partial charge in [0.15, 0.2) is 0 Å². The number of nitrogens with one attached hydrogen (secondary N) is 1. The largest absolute Gasteiger partial charge is 0.381 e.